The first-order valence-electron chi connectivity index (χ1n) is 37.3. The van der Waals surface area contributed by atoms with Crippen LogP contribution >= 0.6 is 0 Å². The Balaban J connectivity index is 0.000000138. The molecule has 0 aromatic heterocycles. The van der Waals surface area contributed by atoms with Crippen LogP contribution in [0.1, 0.15) is 49.9 Å². The van der Waals surface area contributed by atoms with E-state index in [2.05, 4.69) is 392 Å². The zero-order valence-electron chi connectivity index (χ0n) is 59.6. The van der Waals surface area contributed by atoms with E-state index in [4.69, 9.17) is 0 Å². The number of benzene rings is 20. The Hall–Kier alpha value is -13.0. The topological polar surface area (TPSA) is 0 Å². The van der Waals surface area contributed by atoms with Crippen LogP contribution < -0.4 is 0 Å². The van der Waals surface area contributed by atoms with Crippen LogP contribution in [0.25, 0.3) is 197 Å². The van der Waals surface area contributed by atoms with Crippen LogP contribution in [0.4, 0.5) is 0 Å². The molecule has 0 heterocycles. The molecule has 106 heavy (non-hydrogen) atoms. The van der Waals surface area contributed by atoms with Gasteiger partial charge in [-0.15, -0.1) is 0 Å². The molecule has 0 aliphatic heterocycles. The Morgan fingerprint density at radius 2 is 0.462 bits per heavy atom. The van der Waals surface area contributed by atoms with Gasteiger partial charge in [0.1, 0.15) is 0 Å². The fourth-order valence-electron chi connectivity index (χ4n) is 18.4. The first-order chi connectivity index (χ1) is 52.0. The Morgan fingerprint density at radius 3 is 1.05 bits per heavy atom. The first-order valence-corrected chi connectivity index (χ1v) is 37.3. The van der Waals surface area contributed by atoms with Gasteiger partial charge in [0.2, 0.25) is 0 Å². The van der Waals surface area contributed by atoms with Gasteiger partial charge in [0, 0.05) is 10.8 Å². The Kier molecular flexibility index (Phi) is 13.8. The second-order valence-electron chi connectivity index (χ2n) is 30.7. The highest BCUT2D eigenvalue weighted by Crippen LogP contribution is 2.56. The van der Waals surface area contributed by atoms with Crippen molar-refractivity contribution in [1.29, 1.82) is 0 Å². The van der Waals surface area contributed by atoms with Gasteiger partial charge >= 0.3 is 0 Å². The highest BCUT2D eigenvalue weighted by atomic mass is 14.4. The van der Waals surface area contributed by atoms with Gasteiger partial charge in [-0.3, -0.25) is 0 Å². The van der Waals surface area contributed by atoms with E-state index in [0.29, 0.717) is 0 Å². The molecule has 0 saturated heterocycles. The van der Waals surface area contributed by atoms with E-state index in [1.54, 1.807) is 0 Å². The van der Waals surface area contributed by atoms with Gasteiger partial charge in [-0.2, -0.15) is 0 Å². The summed E-state index contributed by atoms with van der Waals surface area (Å²) in [7, 11) is 0. The maximum Gasteiger partial charge on any atom is 0.0159 e. The number of hydrogen-bond donors (Lipinski definition) is 0. The standard InChI is InChI=1S/C57H38.C49H34/c1-57(2)53-27-26-36-11-4-6-15-48(36)56(53)52-32-43-22-21-42(31-46(43)34-54(52)57)38-13-9-12-37(28-38)39-19-20-41-30-44(24-23-40(41)29-39)51-33-45-25-18-35-10-3-5-14-47(35)55(45)50-17-8-7-16-49(50)51;1-49(2)46-29-35-13-6-5-12-34(35)28-45(46)48-43-17-8-7-16-42(43)44(30-47(48)49)41-15-9-14-33(27-41)36-20-21-40-26-39(23-22-38(40)25-36)37-19-18-31-10-3-4-11-32(31)24-37/h3-34H,1-2H3;3-30H,1-2H3. The summed E-state index contributed by atoms with van der Waals surface area (Å²) in [5.41, 5.74) is 26.0. The van der Waals surface area contributed by atoms with Gasteiger partial charge in [-0.25, -0.2) is 0 Å². The normalized spacial score (nSPS) is 13.2. The van der Waals surface area contributed by atoms with Gasteiger partial charge in [0.25, 0.3) is 0 Å². The van der Waals surface area contributed by atoms with Crippen LogP contribution in [-0.4, -0.2) is 0 Å². The van der Waals surface area contributed by atoms with E-state index < -0.39 is 0 Å². The van der Waals surface area contributed by atoms with Gasteiger partial charge in [-0.1, -0.05) is 307 Å². The molecule has 0 spiro atoms. The first kappa shape index (κ1) is 61.6. The van der Waals surface area contributed by atoms with Crippen molar-refractivity contribution in [2.75, 3.05) is 0 Å². The molecule has 22 rings (SSSR count). The average molecular weight is 1350 g/mol. The quantitative estimate of drug-likeness (QED) is 0.146. The maximum atomic E-state index is 2.48. The lowest BCUT2D eigenvalue weighted by atomic mass is 9.80. The second-order valence-corrected chi connectivity index (χ2v) is 30.7. The van der Waals surface area contributed by atoms with Gasteiger partial charge in [0.15, 0.2) is 0 Å². The molecule has 0 saturated carbocycles. The lowest BCUT2D eigenvalue weighted by Gasteiger charge is -2.23. The van der Waals surface area contributed by atoms with Crippen LogP contribution in [0.15, 0.2) is 364 Å². The molecule has 496 valence electrons. The molecule has 0 N–H and O–H groups in total. The molecule has 0 amide bonds. The molecule has 20 aromatic rings. The molecule has 20 aromatic carbocycles. The minimum Gasteiger partial charge on any atom is -0.0616 e. The monoisotopic (exact) mass is 1340 g/mol. The molecule has 0 nitrogen and oxygen atoms in total. The molecular formula is C106H72. The lowest BCUT2D eigenvalue weighted by Crippen LogP contribution is -2.15. The second kappa shape index (κ2) is 23.8. The van der Waals surface area contributed by atoms with Crippen molar-refractivity contribution in [3.05, 3.63) is 386 Å². The Bertz CT molecular complexity index is 7130. The van der Waals surface area contributed by atoms with Crippen LogP contribution in [0.3, 0.4) is 0 Å². The summed E-state index contributed by atoms with van der Waals surface area (Å²) < 4.78 is 0. The van der Waals surface area contributed by atoms with E-state index in [0.717, 1.165) is 0 Å². The largest absolute Gasteiger partial charge is 0.0616 e. The molecule has 0 radical (unpaired) electrons. The van der Waals surface area contributed by atoms with Gasteiger partial charge in [0.05, 0.1) is 0 Å². The van der Waals surface area contributed by atoms with Crippen molar-refractivity contribution >= 4 is 108 Å². The Morgan fingerprint density at radius 1 is 0.151 bits per heavy atom. The minimum absolute atomic E-state index is 0.0613. The molecular weight excluding hydrogens is 1270 g/mol. The highest BCUT2D eigenvalue weighted by Gasteiger charge is 2.39. The van der Waals surface area contributed by atoms with E-state index >= 15 is 0 Å². The fraction of sp³-hybridized carbons (Fsp3) is 0.0566. The van der Waals surface area contributed by atoms with Gasteiger partial charge < -0.3 is 0 Å². The van der Waals surface area contributed by atoms with Crippen LogP contribution in [0.2, 0.25) is 0 Å². The molecule has 0 atom stereocenters. The third-order valence-corrected chi connectivity index (χ3v) is 23.9. The number of fused-ring (bicyclic) bond motifs is 20. The van der Waals surface area contributed by atoms with Crippen LogP contribution in [0, 0.1) is 0 Å². The molecule has 0 heteroatoms. The third-order valence-electron chi connectivity index (χ3n) is 23.9. The summed E-state index contributed by atoms with van der Waals surface area (Å²) >= 11 is 0. The lowest BCUT2D eigenvalue weighted by molar-refractivity contribution is 0.661. The highest BCUT2D eigenvalue weighted by molar-refractivity contribution is 6.24. The van der Waals surface area contributed by atoms with Crippen molar-refractivity contribution in [1.82, 2.24) is 0 Å². The zero-order valence-corrected chi connectivity index (χ0v) is 59.6. The zero-order chi connectivity index (χ0) is 70.5. The van der Waals surface area contributed by atoms with Crippen LogP contribution in [0.5, 0.6) is 0 Å². The molecule has 2 aliphatic carbocycles. The maximum absolute atomic E-state index is 2.48. The van der Waals surface area contributed by atoms with Crippen molar-refractivity contribution < 1.29 is 0 Å². The van der Waals surface area contributed by atoms with Crippen molar-refractivity contribution in [3.8, 4) is 89.0 Å². The molecule has 0 unspecified atom stereocenters. The Labute approximate surface area is 617 Å². The molecule has 0 bridgehead atoms. The molecule has 0 fully saturated rings. The predicted octanol–water partition coefficient (Wildman–Crippen LogP) is 29.5. The fourth-order valence-corrected chi connectivity index (χ4v) is 18.4. The summed E-state index contributed by atoms with van der Waals surface area (Å²) in [6.07, 6.45) is 0. The number of hydrogen-bond acceptors (Lipinski definition) is 0. The third kappa shape index (κ3) is 9.89. The van der Waals surface area contributed by atoms with Crippen molar-refractivity contribution in [2.24, 2.45) is 0 Å². The SMILES string of the molecule is CC1(C)c2cc3cc(-c4cccc(-c5ccc6cc(-c7cc8ccc9ccccc9c8c8ccccc78)ccc6c5)c4)ccc3cc2-c2c1ccc1ccccc21.CC1(C)c2cc3ccccc3cc2-c2c1cc(-c1cccc(-c3ccc4cc(-c5ccc6ccccc6c5)ccc4c3)c1)c1ccccc21. The summed E-state index contributed by atoms with van der Waals surface area (Å²) in [4.78, 5) is 0. The van der Waals surface area contributed by atoms with Gasteiger partial charge in [-0.05, 0) is 304 Å². The predicted molar refractivity (Wildman–Crippen MR) is 456 cm³/mol. The molecule has 2 aliphatic rings. The number of rotatable bonds is 6. The van der Waals surface area contributed by atoms with E-state index in [1.807, 2.05) is 0 Å². The van der Waals surface area contributed by atoms with E-state index in [1.165, 1.54) is 219 Å². The smallest absolute Gasteiger partial charge is 0.0159 e. The average Bonchev–Trinajstić information content (AvgIpc) is 1.53. The summed E-state index contributed by atoms with van der Waals surface area (Å²) in [6.45, 7) is 9.54. The van der Waals surface area contributed by atoms with Crippen molar-refractivity contribution in [3.63, 3.8) is 0 Å². The summed E-state index contributed by atoms with van der Waals surface area (Å²) in [6, 6.07) is 136. The minimum atomic E-state index is -0.102. The van der Waals surface area contributed by atoms with E-state index in [-0.39, 0.29) is 10.8 Å². The van der Waals surface area contributed by atoms with E-state index in [9.17, 15) is 0 Å². The summed E-state index contributed by atoms with van der Waals surface area (Å²) in [5, 5.41) is 25.8. The van der Waals surface area contributed by atoms with Crippen molar-refractivity contribution in [2.45, 2.75) is 38.5 Å². The summed E-state index contributed by atoms with van der Waals surface area (Å²) in [5.74, 6) is 0. The van der Waals surface area contributed by atoms with Crippen LogP contribution in [-0.2, 0) is 10.8 Å².